The van der Waals surface area contributed by atoms with Crippen LogP contribution in [0.2, 0.25) is 0 Å². The maximum absolute atomic E-state index is 13.0. The zero-order valence-corrected chi connectivity index (χ0v) is 18.5. The SMILES string of the molecule is COc1ccc(/C=C(\NC(=O)c2ccccc2Br)C(=O)Nc2ccc(C(=O)[O-])cc2)cc1. The van der Waals surface area contributed by atoms with Crippen molar-refractivity contribution in [1.29, 1.82) is 0 Å². The minimum absolute atomic E-state index is 0.0000947. The third-order valence-electron chi connectivity index (χ3n) is 4.42. The summed E-state index contributed by atoms with van der Waals surface area (Å²) in [6.07, 6.45) is 1.53. The Morgan fingerprint density at radius 2 is 1.59 bits per heavy atom. The third kappa shape index (κ3) is 5.83. The molecule has 7 nitrogen and oxygen atoms in total. The number of methoxy groups -OCH3 is 1. The van der Waals surface area contributed by atoms with Crippen LogP contribution in [0.25, 0.3) is 6.08 Å². The van der Waals surface area contributed by atoms with Crippen LogP contribution in [0.4, 0.5) is 5.69 Å². The number of hydrogen-bond acceptors (Lipinski definition) is 5. The summed E-state index contributed by atoms with van der Waals surface area (Å²) in [7, 11) is 1.55. The van der Waals surface area contributed by atoms with Crippen LogP contribution in [0, 0.1) is 0 Å². The highest BCUT2D eigenvalue weighted by atomic mass is 79.9. The molecule has 3 rings (SSSR count). The van der Waals surface area contributed by atoms with E-state index in [2.05, 4.69) is 26.6 Å². The molecule has 0 bridgehead atoms. The van der Waals surface area contributed by atoms with Gasteiger partial charge in [-0.25, -0.2) is 0 Å². The molecule has 32 heavy (non-hydrogen) atoms. The van der Waals surface area contributed by atoms with Crippen LogP contribution in [0.1, 0.15) is 26.3 Å². The van der Waals surface area contributed by atoms with Crippen molar-refractivity contribution in [3.8, 4) is 5.75 Å². The van der Waals surface area contributed by atoms with Crippen LogP contribution >= 0.6 is 15.9 Å². The van der Waals surface area contributed by atoms with E-state index >= 15 is 0 Å². The minimum Gasteiger partial charge on any atom is -0.545 e. The number of rotatable bonds is 7. The van der Waals surface area contributed by atoms with Gasteiger partial charge in [0.05, 0.1) is 18.6 Å². The Morgan fingerprint density at radius 3 is 2.19 bits per heavy atom. The normalized spacial score (nSPS) is 10.9. The van der Waals surface area contributed by atoms with Crippen LogP contribution in [0.5, 0.6) is 5.75 Å². The second kappa shape index (κ2) is 10.4. The molecule has 2 amide bonds. The van der Waals surface area contributed by atoms with Gasteiger partial charge in [0.2, 0.25) is 0 Å². The molecule has 0 aliphatic carbocycles. The zero-order chi connectivity index (χ0) is 23.1. The lowest BCUT2D eigenvalue weighted by atomic mass is 10.1. The fraction of sp³-hybridized carbons (Fsp3) is 0.0417. The number of carbonyl (C=O) groups is 3. The number of amides is 2. The highest BCUT2D eigenvalue weighted by Crippen LogP contribution is 2.18. The van der Waals surface area contributed by atoms with E-state index in [1.165, 1.54) is 30.3 Å². The Kier molecular flexibility index (Phi) is 7.41. The molecule has 3 aromatic rings. The van der Waals surface area contributed by atoms with Gasteiger partial charge in [0.1, 0.15) is 11.4 Å². The lowest BCUT2D eigenvalue weighted by molar-refractivity contribution is -0.255. The maximum atomic E-state index is 13.0. The lowest BCUT2D eigenvalue weighted by Gasteiger charge is -2.13. The Hall–Kier alpha value is -3.91. The number of halogens is 1. The Bertz CT molecular complexity index is 1170. The molecule has 2 N–H and O–H groups in total. The van der Waals surface area contributed by atoms with Crippen molar-refractivity contribution >= 4 is 45.5 Å². The fourth-order valence-corrected chi connectivity index (χ4v) is 3.21. The van der Waals surface area contributed by atoms with Gasteiger partial charge in [-0.1, -0.05) is 36.4 Å². The summed E-state index contributed by atoms with van der Waals surface area (Å²) in [5.74, 6) is -1.72. The molecule has 0 spiro atoms. The molecule has 0 saturated heterocycles. The second-order valence-electron chi connectivity index (χ2n) is 6.58. The number of carbonyl (C=O) groups excluding carboxylic acids is 3. The van der Waals surface area contributed by atoms with E-state index in [0.29, 0.717) is 27.0 Å². The molecule has 0 fully saturated rings. The predicted octanol–water partition coefficient (Wildman–Crippen LogP) is 3.23. The van der Waals surface area contributed by atoms with Gasteiger partial charge in [-0.2, -0.15) is 0 Å². The topological polar surface area (TPSA) is 108 Å². The number of aromatic carboxylic acids is 1. The first-order valence-corrected chi connectivity index (χ1v) is 10.2. The van der Waals surface area contributed by atoms with Crippen molar-refractivity contribution in [3.05, 3.63) is 99.7 Å². The summed E-state index contributed by atoms with van der Waals surface area (Å²) in [6.45, 7) is 0. The van der Waals surface area contributed by atoms with E-state index < -0.39 is 17.8 Å². The standard InChI is InChI=1S/C24H19BrN2O5/c1-32-18-12-6-15(7-13-18)14-21(27-22(28)19-4-2-3-5-20(19)25)23(29)26-17-10-8-16(9-11-17)24(30)31/h2-14H,1H3,(H,26,29)(H,27,28)(H,30,31)/p-1/b21-14-. The Balaban J connectivity index is 1.88. The van der Waals surface area contributed by atoms with Gasteiger partial charge in [-0.15, -0.1) is 0 Å². The molecule has 0 unspecified atom stereocenters. The quantitative estimate of drug-likeness (QED) is 0.491. The van der Waals surface area contributed by atoms with Gasteiger partial charge in [0, 0.05) is 10.2 Å². The number of nitrogens with one attached hydrogen (secondary N) is 2. The summed E-state index contributed by atoms with van der Waals surface area (Å²) in [6, 6.07) is 19.3. The number of carboxylic acids is 1. The maximum Gasteiger partial charge on any atom is 0.272 e. The van der Waals surface area contributed by atoms with Crippen molar-refractivity contribution < 1.29 is 24.2 Å². The second-order valence-corrected chi connectivity index (χ2v) is 7.44. The minimum atomic E-state index is -1.32. The summed E-state index contributed by atoms with van der Waals surface area (Å²) in [4.78, 5) is 36.6. The molecule has 8 heteroatoms. The molecule has 0 aliphatic heterocycles. The third-order valence-corrected chi connectivity index (χ3v) is 5.11. The zero-order valence-electron chi connectivity index (χ0n) is 16.9. The highest BCUT2D eigenvalue weighted by Gasteiger charge is 2.17. The van der Waals surface area contributed by atoms with Crippen molar-refractivity contribution in [2.24, 2.45) is 0 Å². The van der Waals surface area contributed by atoms with E-state index in [9.17, 15) is 19.5 Å². The number of hydrogen-bond donors (Lipinski definition) is 2. The smallest absolute Gasteiger partial charge is 0.272 e. The first-order chi connectivity index (χ1) is 15.4. The molecule has 0 aliphatic rings. The average molecular weight is 494 g/mol. The molecule has 0 heterocycles. The first kappa shape index (κ1) is 22.8. The van der Waals surface area contributed by atoms with Crippen molar-refractivity contribution in [2.45, 2.75) is 0 Å². The molecular formula is C24H18BrN2O5-. The van der Waals surface area contributed by atoms with Crippen LogP contribution < -0.4 is 20.5 Å². The number of benzene rings is 3. The number of anilines is 1. The monoisotopic (exact) mass is 493 g/mol. The van der Waals surface area contributed by atoms with E-state index in [-0.39, 0.29) is 11.3 Å². The Morgan fingerprint density at radius 1 is 0.938 bits per heavy atom. The summed E-state index contributed by atoms with van der Waals surface area (Å²) >= 11 is 3.33. The highest BCUT2D eigenvalue weighted by molar-refractivity contribution is 9.10. The molecule has 0 atom stereocenters. The molecule has 0 aromatic heterocycles. The van der Waals surface area contributed by atoms with E-state index in [0.717, 1.165) is 0 Å². The predicted molar refractivity (Wildman–Crippen MR) is 122 cm³/mol. The Labute approximate surface area is 192 Å². The van der Waals surface area contributed by atoms with E-state index in [1.54, 1.807) is 55.6 Å². The fourth-order valence-electron chi connectivity index (χ4n) is 2.75. The lowest BCUT2D eigenvalue weighted by Crippen LogP contribution is -2.31. The van der Waals surface area contributed by atoms with Gasteiger partial charge in [0.25, 0.3) is 11.8 Å². The largest absolute Gasteiger partial charge is 0.545 e. The van der Waals surface area contributed by atoms with E-state index in [1.807, 2.05) is 0 Å². The molecule has 0 saturated carbocycles. The molecule has 3 aromatic carbocycles. The van der Waals surface area contributed by atoms with Crippen LogP contribution in [-0.2, 0) is 4.79 Å². The number of carboxylic acid groups (broad SMARTS) is 1. The molecular weight excluding hydrogens is 476 g/mol. The average Bonchev–Trinajstić information content (AvgIpc) is 2.79. The van der Waals surface area contributed by atoms with Crippen molar-refractivity contribution in [3.63, 3.8) is 0 Å². The van der Waals surface area contributed by atoms with E-state index in [4.69, 9.17) is 4.74 Å². The summed E-state index contributed by atoms with van der Waals surface area (Å²) in [5, 5.41) is 16.2. The summed E-state index contributed by atoms with van der Waals surface area (Å²) in [5.41, 5.74) is 1.37. The number of ether oxygens (including phenoxy) is 1. The first-order valence-electron chi connectivity index (χ1n) is 9.42. The van der Waals surface area contributed by atoms with Gasteiger partial charge in [-0.05, 0) is 69.5 Å². The van der Waals surface area contributed by atoms with Gasteiger partial charge >= 0.3 is 0 Å². The molecule has 162 valence electrons. The van der Waals surface area contributed by atoms with Crippen molar-refractivity contribution in [2.75, 3.05) is 12.4 Å². The van der Waals surface area contributed by atoms with Gasteiger partial charge in [0.15, 0.2) is 0 Å². The van der Waals surface area contributed by atoms with Crippen LogP contribution in [-0.4, -0.2) is 24.9 Å². The van der Waals surface area contributed by atoms with Gasteiger partial charge < -0.3 is 25.3 Å². The summed E-state index contributed by atoms with van der Waals surface area (Å²) < 4.78 is 5.72. The van der Waals surface area contributed by atoms with Crippen LogP contribution in [0.3, 0.4) is 0 Å². The van der Waals surface area contributed by atoms with Gasteiger partial charge in [-0.3, -0.25) is 9.59 Å². The molecule has 0 radical (unpaired) electrons. The van der Waals surface area contributed by atoms with Crippen LogP contribution in [0.15, 0.2) is 83.0 Å². The van der Waals surface area contributed by atoms with Crippen molar-refractivity contribution in [1.82, 2.24) is 5.32 Å².